The number of aromatic nitrogens is 2. The molecule has 5 nitrogen and oxygen atoms in total. The summed E-state index contributed by atoms with van der Waals surface area (Å²) in [5, 5.41) is 0.301. The first-order chi connectivity index (χ1) is 12.1. The molecule has 0 unspecified atom stereocenters. The normalized spacial score (nSPS) is 13.7. The fourth-order valence-corrected chi connectivity index (χ4v) is 4.58. The molecule has 1 aliphatic heterocycles. The molecule has 7 heteroatoms. The summed E-state index contributed by atoms with van der Waals surface area (Å²) in [6.45, 7) is 0.305. The second kappa shape index (κ2) is 6.13. The van der Waals surface area contributed by atoms with E-state index in [4.69, 9.17) is 11.6 Å². The first kappa shape index (κ1) is 16.1. The maximum atomic E-state index is 13.0. The Morgan fingerprint density at radius 1 is 0.920 bits per heavy atom. The molecule has 2 heterocycles. The smallest absolute Gasteiger partial charge is 0.249 e. The van der Waals surface area contributed by atoms with Crippen molar-refractivity contribution in [2.45, 2.75) is 11.3 Å². The van der Waals surface area contributed by atoms with Gasteiger partial charge in [-0.1, -0.05) is 60.1 Å². The van der Waals surface area contributed by atoms with Crippen molar-refractivity contribution in [2.75, 3.05) is 10.8 Å². The molecule has 0 radical (unpaired) electrons. The van der Waals surface area contributed by atoms with E-state index >= 15 is 0 Å². The summed E-state index contributed by atoms with van der Waals surface area (Å²) in [7, 11) is -3.68. The van der Waals surface area contributed by atoms with E-state index in [2.05, 4.69) is 9.97 Å². The zero-order valence-electron chi connectivity index (χ0n) is 13.1. The molecular weight excluding hydrogens is 358 g/mol. The van der Waals surface area contributed by atoms with Gasteiger partial charge in [0.05, 0.1) is 4.90 Å². The Kier molecular flexibility index (Phi) is 3.94. The van der Waals surface area contributed by atoms with E-state index in [1.807, 2.05) is 30.3 Å². The van der Waals surface area contributed by atoms with Crippen LogP contribution < -0.4 is 4.31 Å². The minimum Gasteiger partial charge on any atom is -0.249 e. The van der Waals surface area contributed by atoms with Crippen LogP contribution in [0.1, 0.15) is 5.56 Å². The van der Waals surface area contributed by atoms with Gasteiger partial charge in [0.1, 0.15) is 5.15 Å². The number of hydrogen-bond donors (Lipinski definition) is 0. The average Bonchev–Trinajstić information content (AvgIpc) is 3.08. The van der Waals surface area contributed by atoms with Crippen molar-refractivity contribution in [3.05, 3.63) is 71.4 Å². The van der Waals surface area contributed by atoms with Gasteiger partial charge in [-0.05, 0) is 18.6 Å². The quantitative estimate of drug-likeness (QED) is 0.660. The largest absolute Gasteiger partial charge is 0.265 e. The number of benzene rings is 2. The van der Waals surface area contributed by atoms with Crippen molar-refractivity contribution in [2.24, 2.45) is 0 Å². The molecule has 0 spiro atoms. The molecule has 0 saturated heterocycles. The third kappa shape index (κ3) is 2.77. The molecule has 1 aromatic heterocycles. The topological polar surface area (TPSA) is 63.2 Å². The fourth-order valence-electron chi connectivity index (χ4n) is 2.86. The maximum Gasteiger partial charge on any atom is 0.265 e. The molecule has 0 bridgehead atoms. The summed E-state index contributed by atoms with van der Waals surface area (Å²) < 4.78 is 27.3. The van der Waals surface area contributed by atoms with Gasteiger partial charge in [-0.3, -0.25) is 0 Å². The molecule has 0 N–H and O–H groups in total. The molecule has 0 aliphatic carbocycles. The van der Waals surface area contributed by atoms with Crippen molar-refractivity contribution < 1.29 is 8.42 Å². The van der Waals surface area contributed by atoms with Crippen LogP contribution in [0.2, 0.25) is 5.15 Å². The van der Waals surface area contributed by atoms with Gasteiger partial charge in [-0.2, -0.15) is 0 Å². The molecule has 25 heavy (non-hydrogen) atoms. The number of sulfonamides is 1. The Bertz CT molecular complexity index is 1020. The third-order valence-electron chi connectivity index (χ3n) is 4.10. The standard InChI is InChI=1S/C18H14ClN3O2S/c19-16-15-11-12-22(25(23,24)14-9-5-2-6-10-14)18(15)21-17(20-16)13-7-3-1-4-8-13/h1-10H,11-12H2. The van der Waals surface area contributed by atoms with E-state index in [-0.39, 0.29) is 4.90 Å². The Morgan fingerprint density at radius 2 is 1.56 bits per heavy atom. The zero-order chi connectivity index (χ0) is 17.4. The summed E-state index contributed by atoms with van der Waals surface area (Å²) in [5.74, 6) is 0.780. The van der Waals surface area contributed by atoms with E-state index in [1.165, 1.54) is 4.31 Å². The van der Waals surface area contributed by atoms with Crippen LogP contribution >= 0.6 is 11.6 Å². The highest BCUT2D eigenvalue weighted by Gasteiger charge is 2.34. The van der Waals surface area contributed by atoms with E-state index in [1.54, 1.807) is 30.3 Å². The zero-order valence-corrected chi connectivity index (χ0v) is 14.7. The molecular formula is C18H14ClN3O2S. The van der Waals surface area contributed by atoms with Gasteiger partial charge in [0.2, 0.25) is 0 Å². The van der Waals surface area contributed by atoms with Gasteiger partial charge in [-0.25, -0.2) is 22.7 Å². The lowest BCUT2D eigenvalue weighted by Crippen LogP contribution is -2.29. The van der Waals surface area contributed by atoms with Crippen molar-refractivity contribution >= 4 is 27.4 Å². The molecule has 0 fully saturated rings. The number of hydrogen-bond acceptors (Lipinski definition) is 4. The van der Waals surface area contributed by atoms with Crippen LogP contribution in [0.25, 0.3) is 11.4 Å². The number of halogens is 1. The predicted octanol–water partition coefficient (Wildman–Crippen LogP) is 3.55. The predicted molar refractivity (Wildman–Crippen MR) is 97.2 cm³/mol. The SMILES string of the molecule is O=S(=O)(c1ccccc1)N1CCc2c(Cl)nc(-c3ccccc3)nc21. The molecule has 0 amide bonds. The highest BCUT2D eigenvalue weighted by Crippen LogP contribution is 2.36. The van der Waals surface area contributed by atoms with Crippen LogP contribution in [0.5, 0.6) is 0 Å². The molecule has 1 aliphatic rings. The lowest BCUT2D eigenvalue weighted by Gasteiger charge is -2.19. The minimum atomic E-state index is -3.68. The second-order valence-corrected chi connectivity index (χ2v) is 7.87. The van der Waals surface area contributed by atoms with Crippen LogP contribution in [0.3, 0.4) is 0 Å². The van der Waals surface area contributed by atoms with Crippen molar-refractivity contribution in [1.82, 2.24) is 9.97 Å². The fraction of sp³-hybridized carbons (Fsp3) is 0.111. The minimum absolute atomic E-state index is 0.235. The number of anilines is 1. The lowest BCUT2D eigenvalue weighted by molar-refractivity contribution is 0.592. The van der Waals surface area contributed by atoms with E-state index in [0.29, 0.717) is 35.3 Å². The van der Waals surface area contributed by atoms with Crippen LogP contribution in [-0.2, 0) is 16.4 Å². The Morgan fingerprint density at radius 3 is 2.24 bits per heavy atom. The summed E-state index contributed by atoms with van der Waals surface area (Å²) in [6.07, 6.45) is 0.495. The van der Waals surface area contributed by atoms with Crippen molar-refractivity contribution in [3.63, 3.8) is 0 Å². The number of rotatable bonds is 3. The van der Waals surface area contributed by atoms with Gasteiger partial charge in [0.25, 0.3) is 10.0 Å². The first-order valence-electron chi connectivity index (χ1n) is 7.77. The van der Waals surface area contributed by atoms with Crippen molar-refractivity contribution in [1.29, 1.82) is 0 Å². The van der Waals surface area contributed by atoms with E-state index in [0.717, 1.165) is 5.56 Å². The Balaban J connectivity index is 1.84. The number of fused-ring (bicyclic) bond motifs is 1. The van der Waals surface area contributed by atoms with Crippen LogP contribution in [0.15, 0.2) is 65.6 Å². The van der Waals surface area contributed by atoms with Gasteiger partial charge in [-0.15, -0.1) is 0 Å². The average molecular weight is 372 g/mol. The van der Waals surface area contributed by atoms with Crippen LogP contribution in [0.4, 0.5) is 5.82 Å². The summed E-state index contributed by atoms with van der Waals surface area (Å²) in [4.78, 5) is 9.08. The van der Waals surface area contributed by atoms with Gasteiger partial charge in [0, 0.05) is 17.7 Å². The van der Waals surface area contributed by atoms with Gasteiger partial charge < -0.3 is 0 Å². The molecule has 0 atom stereocenters. The second-order valence-electron chi connectivity index (χ2n) is 5.65. The molecule has 4 rings (SSSR count). The summed E-state index contributed by atoms with van der Waals surface area (Å²) in [5.41, 5.74) is 1.46. The Hall–Kier alpha value is -2.44. The summed E-state index contributed by atoms with van der Waals surface area (Å²) >= 11 is 6.31. The molecule has 2 aromatic carbocycles. The molecule has 3 aromatic rings. The highest BCUT2D eigenvalue weighted by molar-refractivity contribution is 7.92. The monoisotopic (exact) mass is 371 g/mol. The summed E-state index contributed by atoms with van der Waals surface area (Å²) in [6, 6.07) is 17.7. The Labute approximate surface area is 151 Å². The van der Waals surface area contributed by atoms with E-state index < -0.39 is 10.0 Å². The van der Waals surface area contributed by atoms with Crippen LogP contribution in [0, 0.1) is 0 Å². The third-order valence-corrected chi connectivity index (χ3v) is 6.22. The van der Waals surface area contributed by atoms with Crippen molar-refractivity contribution in [3.8, 4) is 11.4 Å². The van der Waals surface area contributed by atoms with Gasteiger partial charge >= 0.3 is 0 Å². The molecule has 126 valence electrons. The number of nitrogens with zero attached hydrogens (tertiary/aromatic N) is 3. The first-order valence-corrected chi connectivity index (χ1v) is 9.59. The van der Waals surface area contributed by atoms with Gasteiger partial charge in [0.15, 0.2) is 11.6 Å². The van der Waals surface area contributed by atoms with Crippen LogP contribution in [-0.4, -0.2) is 24.9 Å². The maximum absolute atomic E-state index is 13.0. The highest BCUT2D eigenvalue weighted by atomic mass is 35.5. The lowest BCUT2D eigenvalue weighted by atomic mass is 10.2. The molecule has 0 saturated carbocycles. The van der Waals surface area contributed by atoms with E-state index in [9.17, 15) is 8.42 Å².